The molecule has 1 saturated heterocycles. The topological polar surface area (TPSA) is 40.7 Å². The zero-order chi connectivity index (χ0) is 11.8. The highest BCUT2D eigenvalue weighted by Crippen LogP contribution is 2.28. The molecule has 0 aliphatic carbocycles. The summed E-state index contributed by atoms with van der Waals surface area (Å²) in [4.78, 5) is 0. The van der Waals surface area contributed by atoms with Gasteiger partial charge in [0.15, 0.2) is 0 Å². The van der Waals surface area contributed by atoms with E-state index in [1.165, 1.54) is 29.4 Å². The SMILES string of the molecule is Cc1cc([C@H]2CC[C@H](C)CN2)cc2cn[nH]c12. The Morgan fingerprint density at radius 2 is 2.18 bits per heavy atom. The molecule has 2 atom stereocenters. The lowest BCUT2D eigenvalue weighted by Crippen LogP contribution is -2.31. The number of aromatic amines is 1. The van der Waals surface area contributed by atoms with Gasteiger partial charge in [-0.3, -0.25) is 5.10 Å². The van der Waals surface area contributed by atoms with E-state index in [0.717, 1.165) is 18.0 Å². The van der Waals surface area contributed by atoms with E-state index in [9.17, 15) is 0 Å². The molecule has 2 heterocycles. The van der Waals surface area contributed by atoms with Crippen molar-refractivity contribution < 1.29 is 0 Å². The van der Waals surface area contributed by atoms with E-state index in [0.29, 0.717) is 6.04 Å². The fourth-order valence-electron chi connectivity index (χ4n) is 2.75. The van der Waals surface area contributed by atoms with Crippen LogP contribution < -0.4 is 5.32 Å². The van der Waals surface area contributed by atoms with Gasteiger partial charge in [0.1, 0.15) is 0 Å². The zero-order valence-corrected chi connectivity index (χ0v) is 10.5. The largest absolute Gasteiger partial charge is 0.310 e. The molecular formula is C14H19N3. The second-order valence-electron chi connectivity index (χ2n) is 5.32. The molecule has 90 valence electrons. The first-order valence-electron chi connectivity index (χ1n) is 6.41. The van der Waals surface area contributed by atoms with Gasteiger partial charge in [-0.25, -0.2) is 0 Å². The average molecular weight is 229 g/mol. The summed E-state index contributed by atoms with van der Waals surface area (Å²) in [5.41, 5.74) is 3.86. The Morgan fingerprint density at radius 1 is 1.29 bits per heavy atom. The van der Waals surface area contributed by atoms with Crippen molar-refractivity contribution in [2.24, 2.45) is 5.92 Å². The number of aromatic nitrogens is 2. The minimum Gasteiger partial charge on any atom is -0.310 e. The molecule has 0 spiro atoms. The summed E-state index contributed by atoms with van der Waals surface area (Å²) in [5, 5.41) is 12.0. The van der Waals surface area contributed by atoms with Crippen molar-refractivity contribution in [3.8, 4) is 0 Å². The number of rotatable bonds is 1. The molecule has 2 aromatic rings. The number of benzene rings is 1. The molecule has 0 unspecified atom stereocenters. The standard InChI is InChI=1S/C14H19N3/c1-9-3-4-13(15-7-9)11-5-10(2)14-12(6-11)8-16-17-14/h5-6,8-9,13,15H,3-4,7H2,1-2H3,(H,16,17)/t9-,13+/m0/s1. The third kappa shape index (κ3) is 1.95. The van der Waals surface area contributed by atoms with Crippen LogP contribution in [0.1, 0.15) is 36.9 Å². The van der Waals surface area contributed by atoms with Gasteiger partial charge in [0.2, 0.25) is 0 Å². The fourth-order valence-corrected chi connectivity index (χ4v) is 2.75. The third-order valence-corrected chi connectivity index (χ3v) is 3.83. The Hall–Kier alpha value is -1.35. The number of fused-ring (bicyclic) bond motifs is 1. The summed E-state index contributed by atoms with van der Waals surface area (Å²) in [5.74, 6) is 0.810. The minimum absolute atomic E-state index is 0.518. The zero-order valence-electron chi connectivity index (χ0n) is 10.5. The predicted octanol–water partition coefficient (Wildman–Crippen LogP) is 2.93. The summed E-state index contributed by atoms with van der Waals surface area (Å²) in [7, 11) is 0. The normalized spacial score (nSPS) is 25.3. The van der Waals surface area contributed by atoms with E-state index < -0.39 is 0 Å². The first-order valence-corrected chi connectivity index (χ1v) is 6.41. The molecule has 17 heavy (non-hydrogen) atoms. The van der Waals surface area contributed by atoms with Crippen LogP contribution in [0.3, 0.4) is 0 Å². The van der Waals surface area contributed by atoms with Gasteiger partial charge in [0, 0.05) is 11.4 Å². The van der Waals surface area contributed by atoms with E-state index in [-0.39, 0.29) is 0 Å². The van der Waals surface area contributed by atoms with Crippen LogP contribution in [-0.2, 0) is 0 Å². The van der Waals surface area contributed by atoms with E-state index in [2.05, 4.69) is 41.5 Å². The maximum atomic E-state index is 4.12. The molecule has 3 heteroatoms. The maximum absolute atomic E-state index is 4.12. The number of aryl methyl sites for hydroxylation is 1. The molecule has 1 aromatic heterocycles. The number of nitrogens with zero attached hydrogens (tertiary/aromatic N) is 1. The lowest BCUT2D eigenvalue weighted by Gasteiger charge is -2.28. The van der Waals surface area contributed by atoms with E-state index >= 15 is 0 Å². The van der Waals surface area contributed by atoms with Crippen molar-refractivity contribution in [3.63, 3.8) is 0 Å². The molecule has 0 radical (unpaired) electrons. The van der Waals surface area contributed by atoms with Gasteiger partial charge >= 0.3 is 0 Å². The van der Waals surface area contributed by atoms with Crippen molar-refractivity contribution in [2.45, 2.75) is 32.7 Å². The maximum Gasteiger partial charge on any atom is 0.0679 e. The molecule has 2 N–H and O–H groups in total. The number of H-pyrrole nitrogens is 1. The molecule has 0 saturated carbocycles. The second-order valence-corrected chi connectivity index (χ2v) is 5.32. The lowest BCUT2D eigenvalue weighted by atomic mass is 9.91. The fraction of sp³-hybridized carbons (Fsp3) is 0.500. The molecule has 1 aliphatic rings. The van der Waals surface area contributed by atoms with Crippen molar-refractivity contribution in [3.05, 3.63) is 29.5 Å². The highest BCUT2D eigenvalue weighted by Gasteiger charge is 2.19. The summed E-state index contributed by atoms with van der Waals surface area (Å²) >= 11 is 0. The monoisotopic (exact) mass is 229 g/mol. The van der Waals surface area contributed by atoms with Crippen LogP contribution in [-0.4, -0.2) is 16.7 Å². The molecule has 3 rings (SSSR count). The predicted molar refractivity (Wildman–Crippen MR) is 70.0 cm³/mol. The Balaban J connectivity index is 1.94. The van der Waals surface area contributed by atoms with Crippen molar-refractivity contribution in [1.82, 2.24) is 15.5 Å². The Bertz CT molecular complexity index is 521. The quantitative estimate of drug-likeness (QED) is 0.789. The highest BCUT2D eigenvalue weighted by molar-refractivity contribution is 5.82. The molecule has 1 aromatic carbocycles. The van der Waals surface area contributed by atoms with Crippen molar-refractivity contribution in [2.75, 3.05) is 6.54 Å². The van der Waals surface area contributed by atoms with Crippen LogP contribution in [0.2, 0.25) is 0 Å². The van der Waals surface area contributed by atoms with Crippen LogP contribution in [0.15, 0.2) is 18.3 Å². The summed E-state index contributed by atoms with van der Waals surface area (Å²) in [6, 6.07) is 5.07. The van der Waals surface area contributed by atoms with Gasteiger partial charge < -0.3 is 5.32 Å². The van der Waals surface area contributed by atoms with E-state index in [4.69, 9.17) is 0 Å². The van der Waals surface area contributed by atoms with Crippen molar-refractivity contribution in [1.29, 1.82) is 0 Å². The Kier molecular flexibility index (Phi) is 2.63. The second kappa shape index (κ2) is 4.15. The summed E-state index contributed by atoms with van der Waals surface area (Å²) < 4.78 is 0. The van der Waals surface area contributed by atoms with Gasteiger partial charge in [0.05, 0.1) is 11.7 Å². The van der Waals surface area contributed by atoms with Crippen LogP contribution in [0, 0.1) is 12.8 Å². The smallest absolute Gasteiger partial charge is 0.0679 e. The van der Waals surface area contributed by atoms with Gasteiger partial charge in [-0.15, -0.1) is 0 Å². The van der Waals surface area contributed by atoms with E-state index in [1.807, 2.05) is 6.20 Å². The van der Waals surface area contributed by atoms with Gasteiger partial charge in [-0.2, -0.15) is 5.10 Å². The molecular weight excluding hydrogens is 210 g/mol. The lowest BCUT2D eigenvalue weighted by molar-refractivity contribution is 0.333. The highest BCUT2D eigenvalue weighted by atomic mass is 15.1. The average Bonchev–Trinajstić information content (AvgIpc) is 2.78. The first kappa shape index (κ1) is 10.8. The first-order chi connectivity index (χ1) is 8.24. The molecule has 0 amide bonds. The van der Waals surface area contributed by atoms with Crippen molar-refractivity contribution >= 4 is 10.9 Å². The van der Waals surface area contributed by atoms with Crippen LogP contribution in [0.5, 0.6) is 0 Å². The van der Waals surface area contributed by atoms with Gasteiger partial charge in [-0.05, 0) is 49.4 Å². The number of hydrogen-bond donors (Lipinski definition) is 2. The number of nitrogens with one attached hydrogen (secondary N) is 2. The summed E-state index contributed by atoms with van der Waals surface area (Å²) in [6.45, 7) is 5.59. The summed E-state index contributed by atoms with van der Waals surface area (Å²) in [6.07, 6.45) is 4.47. The Morgan fingerprint density at radius 3 is 2.94 bits per heavy atom. The molecule has 0 bridgehead atoms. The van der Waals surface area contributed by atoms with E-state index in [1.54, 1.807) is 0 Å². The van der Waals surface area contributed by atoms with Crippen LogP contribution >= 0.6 is 0 Å². The van der Waals surface area contributed by atoms with Crippen LogP contribution in [0.25, 0.3) is 10.9 Å². The molecule has 1 fully saturated rings. The van der Waals surface area contributed by atoms with Gasteiger partial charge in [-0.1, -0.05) is 13.0 Å². The van der Waals surface area contributed by atoms with Crippen LogP contribution in [0.4, 0.5) is 0 Å². The third-order valence-electron chi connectivity index (χ3n) is 3.83. The number of hydrogen-bond acceptors (Lipinski definition) is 2. The minimum atomic E-state index is 0.518. The van der Waals surface area contributed by atoms with Gasteiger partial charge in [0.25, 0.3) is 0 Å². The molecule has 1 aliphatic heterocycles. The molecule has 3 nitrogen and oxygen atoms in total. The Labute approximate surface area is 102 Å². The number of piperidine rings is 1.